The van der Waals surface area contributed by atoms with Gasteiger partial charge in [-0.2, -0.15) is 0 Å². The largest absolute Gasteiger partial charge is 0.465 e. The van der Waals surface area contributed by atoms with Gasteiger partial charge in [0.05, 0.1) is 12.7 Å². The molecule has 0 amide bonds. The molecule has 108 valence electrons. The number of para-hydroxylation sites is 1. The van der Waals surface area contributed by atoms with E-state index >= 15 is 0 Å². The van der Waals surface area contributed by atoms with Crippen molar-refractivity contribution in [3.63, 3.8) is 0 Å². The van der Waals surface area contributed by atoms with E-state index in [1.54, 1.807) is 30.3 Å². The molecule has 0 saturated heterocycles. The van der Waals surface area contributed by atoms with E-state index in [2.05, 4.69) is 4.74 Å². The Morgan fingerprint density at radius 2 is 1.48 bits per heavy atom. The second-order valence-corrected chi connectivity index (χ2v) is 4.81. The molecule has 2 aromatic rings. The maximum atomic E-state index is 12.6. The van der Waals surface area contributed by atoms with Gasteiger partial charge in [-0.15, -0.1) is 0 Å². The summed E-state index contributed by atoms with van der Waals surface area (Å²) in [4.78, 5) is 25.9. The zero-order valence-corrected chi connectivity index (χ0v) is 12.3. The Morgan fingerprint density at radius 3 is 2.05 bits per heavy atom. The molecule has 0 fully saturated rings. The first kappa shape index (κ1) is 14.8. The minimum Gasteiger partial charge on any atom is -0.465 e. The molecule has 0 aromatic heterocycles. The smallest absolute Gasteiger partial charge is 0.337 e. The highest BCUT2D eigenvalue weighted by Gasteiger charge is 2.15. The topological polar surface area (TPSA) is 46.6 Å². The first-order valence-electron chi connectivity index (χ1n) is 6.54. The van der Waals surface area contributed by atoms with Crippen LogP contribution in [0.15, 0.2) is 48.5 Å². The third-order valence-electron chi connectivity index (χ3n) is 3.20. The summed E-state index contributed by atoms with van der Waals surface area (Å²) in [5.41, 5.74) is 2.46. The van der Waals surface area contributed by atoms with Crippen molar-refractivity contribution in [2.75, 3.05) is 26.1 Å². The summed E-state index contributed by atoms with van der Waals surface area (Å²) in [5, 5.41) is 0. The Hall–Kier alpha value is -2.62. The Morgan fingerprint density at radius 1 is 0.905 bits per heavy atom. The van der Waals surface area contributed by atoms with Gasteiger partial charge >= 0.3 is 5.97 Å². The molecule has 0 radical (unpaired) electrons. The first-order chi connectivity index (χ1) is 10.0. The van der Waals surface area contributed by atoms with Gasteiger partial charge < -0.3 is 9.64 Å². The average molecular weight is 283 g/mol. The van der Waals surface area contributed by atoms with Crippen LogP contribution >= 0.6 is 0 Å². The van der Waals surface area contributed by atoms with E-state index in [4.69, 9.17) is 0 Å². The lowest BCUT2D eigenvalue weighted by atomic mass is 10.00. The fourth-order valence-electron chi connectivity index (χ4n) is 2.09. The molecule has 0 aliphatic rings. The Kier molecular flexibility index (Phi) is 4.38. The molecule has 0 unspecified atom stereocenters. The molecule has 21 heavy (non-hydrogen) atoms. The van der Waals surface area contributed by atoms with Crippen molar-refractivity contribution in [2.45, 2.75) is 0 Å². The molecule has 2 rings (SSSR count). The SMILES string of the molecule is COC(=O)c1ccc(C(=O)c2ccccc2N(C)C)cc1. The Labute approximate surface area is 124 Å². The van der Waals surface area contributed by atoms with Crippen LogP contribution in [-0.4, -0.2) is 33.0 Å². The Bertz CT molecular complexity index is 660. The monoisotopic (exact) mass is 283 g/mol. The van der Waals surface area contributed by atoms with E-state index in [0.717, 1.165) is 5.69 Å². The summed E-state index contributed by atoms with van der Waals surface area (Å²) in [5.74, 6) is -0.488. The molecule has 0 heterocycles. The standard InChI is InChI=1S/C17H17NO3/c1-18(2)15-7-5-4-6-14(15)16(19)12-8-10-13(11-9-12)17(20)21-3/h4-11H,1-3H3. The fraction of sp³-hybridized carbons (Fsp3) is 0.176. The van der Waals surface area contributed by atoms with Crippen LogP contribution < -0.4 is 4.90 Å². The summed E-state index contributed by atoms with van der Waals surface area (Å²) in [6, 6.07) is 13.9. The van der Waals surface area contributed by atoms with Crippen molar-refractivity contribution in [3.05, 3.63) is 65.2 Å². The zero-order valence-electron chi connectivity index (χ0n) is 12.3. The summed E-state index contributed by atoms with van der Waals surface area (Å²) in [6.07, 6.45) is 0. The lowest BCUT2D eigenvalue weighted by Crippen LogP contribution is -2.14. The van der Waals surface area contributed by atoms with Gasteiger partial charge in [0.2, 0.25) is 0 Å². The summed E-state index contributed by atoms with van der Waals surface area (Å²) >= 11 is 0. The maximum Gasteiger partial charge on any atom is 0.337 e. The van der Waals surface area contributed by atoms with Crippen molar-refractivity contribution in [1.29, 1.82) is 0 Å². The van der Waals surface area contributed by atoms with E-state index in [1.165, 1.54) is 7.11 Å². The normalized spacial score (nSPS) is 10.0. The fourth-order valence-corrected chi connectivity index (χ4v) is 2.09. The zero-order chi connectivity index (χ0) is 15.4. The molecule has 0 N–H and O–H groups in total. The van der Waals surface area contributed by atoms with Crippen molar-refractivity contribution in [2.24, 2.45) is 0 Å². The highest BCUT2D eigenvalue weighted by molar-refractivity contribution is 6.12. The van der Waals surface area contributed by atoms with Crippen molar-refractivity contribution >= 4 is 17.4 Å². The number of ether oxygens (including phenoxy) is 1. The molecule has 0 bridgehead atoms. The van der Waals surface area contributed by atoms with Crippen molar-refractivity contribution < 1.29 is 14.3 Å². The quantitative estimate of drug-likeness (QED) is 0.639. The minimum absolute atomic E-state index is 0.0734. The van der Waals surface area contributed by atoms with Crippen LogP contribution in [0.3, 0.4) is 0 Å². The third kappa shape index (κ3) is 3.11. The number of methoxy groups -OCH3 is 1. The van der Waals surface area contributed by atoms with Gasteiger partial charge in [0, 0.05) is 30.9 Å². The van der Waals surface area contributed by atoms with Crippen LogP contribution in [0.1, 0.15) is 26.3 Å². The summed E-state index contributed by atoms with van der Waals surface area (Å²) in [7, 11) is 5.12. The van der Waals surface area contributed by atoms with Crippen LogP contribution in [0.5, 0.6) is 0 Å². The van der Waals surface area contributed by atoms with Crippen LogP contribution in [-0.2, 0) is 4.74 Å². The number of hydrogen-bond acceptors (Lipinski definition) is 4. The summed E-state index contributed by atoms with van der Waals surface area (Å²) < 4.78 is 4.64. The molecule has 4 heteroatoms. The average Bonchev–Trinajstić information content (AvgIpc) is 2.53. The number of ketones is 1. The van der Waals surface area contributed by atoms with Gasteiger partial charge in [-0.05, 0) is 24.3 Å². The molecule has 0 spiro atoms. The third-order valence-corrected chi connectivity index (χ3v) is 3.20. The van der Waals surface area contributed by atoms with Gasteiger partial charge in [-0.25, -0.2) is 4.79 Å². The van der Waals surface area contributed by atoms with Crippen LogP contribution in [0.2, 0.25) is 0 Å². The maximum absolute atomic E-state index is 12.6. The van der Waals surface area contributed by atoms with Crippen molar-refractivity contribution in [3.8, 4) is 0 Å². The van der Waals surface area contributed by atoms with Gasteiger partial charge in [-0.1, -0.05) is 24.3 Å². The van der Waals surface area contributed by atoms with E-state index in [1.807, 2.05) is 37.2 Å². The van der Waals surface area contributed by atoms with E-state index < -0.39 is 5.97 Å². The van der Waals surface area contributed by atoms with Gasteiger partial charge in [-0.3, -0.25) is 4.79 Å². The minimum atomic E-state index is -0.414. The highest BCUT2D eigenvalue weighted by atomic mass is 16.5. The molecule has 2 aromatic carbocycles. The number of nitrogens with zero attached hydrogens (tertiary/aromatic N) is 1. The number of anilines is 1. The van der Waals surface area contributed by atoms with E-state index in [-0.39, 0.29) is 5.78 Å². The number of carbonyl (C=O) groups excluding carboxylic acids is 2. The van der Waals surface area contributed by atoms with Gasteiger partial charge in [0.25, 0.3) is 0 Å². The first-order valence-corrected chi connectivity index (χ1v) is 6.54. The second-order valence-electron chi connectivity index (χ2n) is 4.81. The second kappa shape index (κ2) is 6.22. The molecule has 0 aliphatic heterocycles. The lowest BCUT2D eigenvalue weighted by molar-refractivity contribution is 0.0600. The molecule has 0 aliphatic carbocycles. The number of rotatable bonds is 4. The van der Waals surface area contributed by atoms with Gasteiger partial charge in [0.15, 0.2) is 5.78 Å². The van der Waals surface area contributed by atoms with Crippen molar-refractivity contribution in [1.82, 2.24) is 0 Å². The predicted octanol–water partition coefficient (Wildman–Crippen LogP) is 2.77. The van der Waals surface area contributed by atoms with Gasteiger partial charge in [0.1, 0.15) is 0 Å². The predicted molar refractivity (Wildman–Crippen MR) is 82.0 cm³/mol. The molecule has 4 nitrogen and oxygen atoms in total. The highest BCUT2D eigenvalue weighted by Crippen LogP contribution is 2.21. The number of hydrogen-bond donors (Lipinski definition) is 0. The van der Waals surface area contributed by atoms with E-state index in [0.29, 0.717) is 16.7 Å². The molecular formula is C17H17NO3. The van der Waals surface area contributed by atoms with Crippen LogP contribution in [0.4, 0.5) is 5.69 Å². The Balaban J connectivity index is 2.35. The van der Waals surface area contributed by atoms with E-state index in [9.17, 15) is 9.59 Å². The lowest BCUT2D eigenvalue weighted by Gasteiger charge is -2.16. The number of benzene rings is 2. The summed E-state index contributed by atoms with van der Waals surface area (Å²) in [6.45, 7) is 0. The van der Waals surface area contributed by atoms with Crippen LogP contribution in [0.25, 0.3) is 0 Å². The number of esters is 1. The molecule has 0 saturated carbocycles. The van der Waals surface area contributed by atoms with Crippen LogP contribution in [0, 0.1) is 0 Å². The number of carbonyl (C=O) groups is 2. The molecular weight excluding hydrogens is 266 g/mol. The molecule has 0 atom stereocenters.